The minimum Gasteiger partial charge on any atom is -0.337 e. The number of rotatable bonds is 3. The van der Waals surface area contributed by atoms with Crippen LogP contribution in [-0.4, -0.2) is 46.7 Å². The van der Waals surface area contributed by atoms with Crippen LogP contribution in [0.5, 0.6) is 0 Å². The summed E-state index contributed by atoms with van der Waals surface area (Å²) < 4.78 is 0. The fourth-order valence-electron chi connectivity index (χ4n) is 4.71. The van der Waals surface area contributed by atoms with Gasteiger partial charge in [-0.1, -0.05) is 30.3 Å². The van der Waals surface area contributed by atoms with Crippen molar-refractivity contribution < 1.29 is 4.79 Å². The van der Waals surface area contributed by atoms with Crippen molar-refractivity contribution in [3.63, 3.8) is 0 Å². The van der Waals surface area contributed by atoms with Gasteiger partial charge in [0.2, 0.25) is 0 Å². The van der Waals surface area contributed by atoms with E-state index in [1.807, 2.05) is 47.4 Å². The zero-order valence-electron chi connectivity index (χ0n) is 16.2. The molecule has 0 bridgehead atoms. The summed E-state index contributed by atoms with van der Waals surface area (Å²) in [7, 11) is 0. The first-order chi connectivity index (χ1) is 14.2. The fraction of sp³-hybridized carbons (Fsp3) is 0.348. The lowest BCUT2D eigenvalue weighted by atomic mass is 9.94. The van der Waals surface area contributed by atoms with E-state index in [0.717, 1.165) is 41.8 Å². The van der Waals surface area contributed by atoms with E-state index in [1.165, 1.54) is 12.8 Å². The molecule has 5 rings (SSSR count). The van der Waals surface area contributed by atoms with E-state index in [2.05, 4.69) is 15.5 Å². The van der Waals surface area contributed by atoms with Gasteiger partial charge in [-0.25, -0.2) is 5.10 Å². The van der Waals surface area contributed by atoms with Crippen molar-refractivity contribution in [2.45, 2.75) is 25.3 Å². The number of carbonyl (C=O) groups excluding carboxylic acids is 1. The third-order valence-electron chi connectivity index (χ3n) is 6.21. The molecule has 6 heteroatoms. The highest BCUT2D eigenvalue weighted by atomic mass is 16.2. The second-order valence-corrected chi connectivity index (χ2v) is 8.10. The molecular formula is C23H24N4O2. The number of nitrogens with zero attached hydrogens (tertiary/aromatic N) is 2. The predicted octanol–water partition coefficient (Wildman–Crippen LogP) is 2.34. The molecule has 1 aromatic heterocycles. The molecule has 2 N–H and O–H groups in total. The van der Waals surface area contributed by atoms with E-state index in [-0.39, 0.29) is 11.5 Å². The molecule has 0 aliphatic carbocycles. The average molecular weight is 388 g/mol. The molecule has 0 saturated carbocycles. The smallest absolute Gasteiger partial charge is 0.272 e. The third-order valence-corrected chi connectivity index (χ3v) is 6.21. The van der Waals surface area contributed by atoms with Crippen LogP contribution >= 0.6 is 0 Å². The van der Waals surface area contributed by atoms with Crippen LogP contribution in [-0.2, 0) is 6.42 Å². The molecule has 2 aliphatic heterocycles. The van der Waals surface area contributed by atoms with Crippen LogP contribution in [0.3, 0.4) is 0 Å². The number of nitrogens with one attached hydrogen (secondary N) is 2. The lowest BCUT2D eigenvalue weighted by Crippen LogP contribution is -2.41. The van der Waals surface area contributed by atoms with Crippen molar-refractivity contribution in [2.24, 2.45) is 5.92 Å². The molecule has 3 aromatic rings. The molecule has 2 unspecified atom stereocenters. The van der Waals surface area contributed by atoms with Crippen molar-refractivity contribution in [1.29, 1.82) is 0 Å². The van der Waals surface area contributed by atoms with Crippen molar-refractivity contribution in [2.75, 3.05) is 19.6 Å². The van der Waals surface area contributed by atoms with Gasteiger partial charge in [-0.3, -0.25) is 9.59 Å². The Morgan fingerprint density at radius 1 is 1.10 bits per heavy atom. The maximum Gasteiger partial charge on any atom is 0.272 e. The number of carbonyl (C=O) groups is 1. The number of aromatic amines is 1. The van der Waals surface area contributed by atoms with Gasteiger partial charge in [0.05, 0.1) is 11.1 Å². The zero-order chi connectivity index (χ0) is 19.8. The van der Waals surface area contributed by atoms with Gasteiger partial charge >= 0.3 is 0 Å². The third kappa shape index (κ3) is 3.44. The van der Waals surface area contributed by atoms with Crippen LogP contribution < -0.4 is 10.9 Å². The predicted molar refractivity (Wildman–Crippen MR) is 112 cm³/mol. The highest BCUT2D eigenvalue weighted by Crippen LogP contribution is 2.26. The van der Waals surface area contributed by atoms with E-state index in [9.17, 15) is 9.59 Å². The Morgan fingerprint density at radius 3 is 2.83 bits per heavy atom. The Labute approximate surface area is 168 Å². The van der Waals surface area contributed by atoms with Gasteiger partial charge < -0.3 is 10.2 Å². The first-order valence-electron chi connectivity index (χ1n) is 10.3. The largest absolute Gasteiger partial charge is 0.337 e. The summed E-state index contributed by atoms with van der Waals surface area (Å²) in [6.45, 7) is 2.69. The molecule has 2 atom stereocenters. The summed E-state index contributed by atoms with van der Waals surface area (Å²) in [5.74, 6) is 0.676. The SMILES string of the molecule is O=C(c1cccc(Cc2n[nH]c(=O)c3ccccc23)c1)N1CC2CCCNC2C1. The Bertz CT molecular complexity index is 1110. The lowest BCUT2D eigenvalue weighted by Gasteiger charge is -2.24. The summed E-state index contributed by atoms with van der Waals surface area (Å²) in [6.07, 6.45) is 2.95. The van der Waals surface area contributed by atoms with Crippen LogP contribution in [0.4, 0.5) is 0 Å². The van der Waals surface area contributed by atoms with Gasteiger partial charge in [0.25, 0.3) is 11.5 Å². The number of hydrogen-bond donors (Lipinski definition) is 2. The summed E-state index contributed by atoms with van der Waals surface area (Å²) >= 11 is 0. The monoisotopic (exact) mass is 388 g/mol. The van der Waals surface area contributed by atoms with Crippen LogP contribution in [0.15, 0.2) is 53.3 Å². The standard InChI is InChI=1S/C23H24N4O2/c28-22-19-9-2-1-8-18(19)20(25-26-22)12-15-5-3-6-16(11-15)23(29)27-13-17-7-4-10-24-21(17)14-27/h1-3,5-6,8-9,11,17,21,24H,4,7,10,12-14H2,(H,26,28). The average Bonchev–Trinajstić information content (AvgIpc) is 3.20. The van der Waals surface area contributed by atoms with Crippen molar-refractivity contribution in [3.05, 3.63) is 75.7 Å². The van der Waals surface area contributed by atoms with Gasteiger partial charge in [-0.2, -0.15) is 5.10 Å². The highest BCUT2D eigenvalue weighted by Gasteiger charge is 2.36. The van der Waals surface area contributed by atoms with E-state index in [0.29, 0.717) is 23.8 Å². The minimum atomic E-state index is -0.183. The van der Waals surface area contributed by atoms with Gasteiger partial charge in [0.1, 0.15) is 0 Å². The van der Waals surface area contributed by atoms with Gasteiger partial charge in [-0.05, 0) is 49.1 Å². The Kier molecular flexibility index (Phi) is 4.64. The molecule has 1 amide bonds. The van der Waals surface area contributed by atoms with Crippen LogP contribution in [0.2, 0.25) is 0 Å². The molecule has 2 saturated heterocycles. The maximum absolute atomic E-state index is 13.1. The number of hydrogen-bond acceptors (Lipinski definition) is 4. The van der Waals surface area contributed by atoms with E-state index >= 15 is 0 Å². The molecule has 0 spiro atoms. The summed E-state index contributed by atoms with van der Waals surface area (Å²) in [6, 6.07) is 15.7. The molecule has 3 heterocycles. The molecule has 2 aliphatic rings. The highest BCUT2D eigenvalue weighted by molar-refractivity contribution is 5.94. The molecule has 6 nitrogen and oxygen atoms in total. The number of aromatic nitrogens is 2. The molecule has 148 valence electrons. The topological polar surface area (TPSA) is 78.1 Å². The van der Waals surface area contributed by atoms with E-state index in [1.54, 1.807) is 6.07 Å². The van der Waals surface area contributed by atoms with E-state index < -0.39 is 0 Å². The zero-order valence-corrected chi connectivity index (χ0v) is 16.2. The van der Waals surface area contributed by atoms with Crippen LogP contribution in [0.25, 0.3) is 10.8 Å². The van der Waals surface area contributed by atoms with Crippen LogP contribution in [0, 0.1) is 5.92 Å². The summed E-state index contributed by atoms with van der Waals surface area (Å²) in [4.78, 5) is 27.1. The number of amides is 1. The van der Waals surface area contributed by atoms with Crippen LogP contribution in [0.1, 0.15) is 34.5 Å². The molecular weight excluding hydrogens is 364 g/mol. The van der Waals surface area contributed by atoms with Gasteiger partial charge in [0.15, 0.2) is 0 Å². The maximum atomic E-state index is 13.1. The van der Waals surface area contributed by atoms with Gasteiger partial charge in [-0.15, -0.1) is 0 Å². The Balaban J connectivity index is 1.39. The van der Waals surface area contributed by atoms with Crippen molar-refractivity contribution in [1.82, 2.24) is 20.4 Å². The lowest BCUT2D eigenvalue weighted by molar-refractivity contribution is 0.0785. The number of piperidine rings is 1. The molecule has 2 fully saturated rings. The Hall–Kier alpha value is -2.99. The normalized spacial score (nSPS) is 21.3. The number of benzene rings is 2. The quantitative estimate of drug-likeness (QED) is 0.722. The van der Waals surface area contributed by atoms with Crippen molar-refractivity contribution >= 4 is 16.7 Å². The first-order valence-corrected chi connectivity index (χ1v) is 10.3. The fourth-order valence-corrected chi connectivity index (χ4v) is 4.71. The van der Waals surface area contributed by atoms with Crippen molar-refractivity contribution in [3.8, 4) is 0 Å². The number of likely N-dealkylation sites (tertiary alicyclic amines) is 1. The van der Waals surface area contributed by atoms with Gasteiger partial charge in [0, 0.05) is 36.5 Å². The number of H-pyrrole nitrogens is 1. The molecule has 29 heavy (non-hydrogen) atoms. The number of fused-ring (bicyclic) bond motifs is 2. The Morgan fingerprint density at radius 2 is 1.97 bits per heavy atom. The second kappa shape index (κ2) is 7.44. The van der Waals surface area contributed by atoms with E-state index in [4.69, 9.17) is 0 Å². The minimum absolute atomic E-state index is 0.0994. The molecule has 2 aromatic carbocycles. The first kappa shape index (κ1) is 18.1. The second-order valence-electron chi connectivity index (χ2n) is 8.10. The molecule has 0 radical (unpaired) electrons. The summed E-state index contributed by atoms with van der Waals surface area (Å²) in [5, 5.41) is 11.9. The summed E-state index contributed by atoms with van der Waals surface area (Å²) in [5.41, 5.74) is 2.35.